The van der Waals surface area contributed by atoms with Gasteiger partial charge in [-0.2, -0.15) is 5.10 Å². The van der Waals surface area contributed by atoms with E-state index in [0.717, 1.165) is 55.1 Å². The van der Waals surface area contributed by atoms with Crippen LogP contribution in [0.1, 0.15) is 5.56 Å². The van der Waals surface area contributed by atoms with E-state index in [1.165, 1.54) is 17.7 Å². The first-order valence-electron chi connectivity index (χ1n) is 14.9. The fourth-order valence-corrected chi connectivity index (χ4v) is 7.04. The van der Waals surface area contributed by atoms with E-state index in [0.29, 0.717) is 28.8 Å². The maximum atomic E-state index is 6.58. The zero-order valence-electron chi connectivity index (χ0n) is 24.5. The standard InChI is InChI=1S/C32H33Cl2N7O3S/c33-23-1-10-29(30(34)17-23)32(20-41-22-35-21-37-41)43-19-28(44-32)18-42-27-8-6-26(7-9-27)40-14-12-39(13-15-40)25-4-2-24(3-5-25)38-31-36-11-16-45-31/h1-10,17,21-22,28H,11-16,18-20H2,(H,36,38). The minimum atomic E-state index is -1.14. The number of rotatable bonds is 9. The Labute approximate surface area is 276 Å². The second kappa shape index (κ2) is 13.5. The van der Waals surface area contributed by atoms with Crippen molar-refractivity contribution in [3.63, 3.8) is 0 Å². The number of aliphatic imine (C=N–C) groups is 1. The lowest BCUT2D eigenvalue weighted by atomic mass is 10.1. The molecule has 0 spiro atoms. The largest absolute Gasteiger partial charge is 0.491 e. The van der Waals surface area contributed by atoms with E-state index in [2.05, 4.69) is 66.6 Å². The smallest absolute Gasteiger partial charge is 0.217 e. The molecule has 0 bridgehead atoms. The maximum absolute atomic E-state index is 6.58. The van der Waals surface area contributed by atoms with E-state index in [-0.39, 0.29) is 12.6 Å². The molecule has 10 nitrogen and oxygen atoms in total. The lowest BCUT2D eigenvalue weighted by Crippen LogP contribution is -2.46. The Hall–Kier alpha value is -3.48. The normalized spacial score (nSPS) is 21.6. The molecule has 0 amide bonds. The number of nitrogens with one attached hydrogen (secondary N) is 1. The highest BCUT2D eigenvalue weighted by Gasteiger charge is 2.45. The lowest BCUT2D eigenvalue weighted by Gasteiger charge is -2.37. The third-order valence-corrected chi connectivity index (χ3v) is 9.46. The monoisotopic (exact) mass is 665 g/mol. The van der Waals surface area contributed by atoms with Gasteiger partial charge in [0.15, 0.2) is 5.17 Å². The van der Waals surface area contributed by atoms with Crippen LogP contribution in [-0.2, 0) is 21.8 Å². The fraction of sp³-hybridized carbons (Fsp3) is 0.344. The summed E-state index contributed by atoms with van der Waals surface area (Å²) in [6, 6.07) is 22.2. The molecule has 13 heteroatoms. The highest BCUT2D eigenvalue weighted by molar-refractivity contribution is 8.14. The summed E-state index contributed by atoms with van der Waals surface area (Å²) in [4.78, 5) is 13.4. The van der Waals surface area contributed by atoms with Crippen LogP contribution in [-0.4, -0.2) is 77.7 Å². The number of anilines is 3. The van der Waals surface area contributed by atoms with Crippen LogP contribution in [0.15, 0.2) is 84.4 Å². The molecular formula is C32H33Cl2N7O3S. The number of benzene rings is 3. The van der Waals surface area contributed by atoms with Gasteiger partial charge in [0.05, 0.1) is 18.2 Å². The Morgan fingerprint density at radius 2 is 1.69 bits per heavy atom. The molecule has 3 aliphatic heterocycles. The van der Waals surface area contributed by atoms with Gasteiger partial charge in [-0.05, 0) is 60.7 Å². The maximum Gasteiger partial charge on any atom is 0.217 e. The summed E-state index contributed by atoms with van der Waals surface area (Å²) in [7, 11) is 0. The number of hydrogen-bond donors (Lipinski definition) is 1. The van der Waals surface area contributed by atoms with Crippen molar-refractivity contribution in [3.8, 4) is 5.75 Å². The zero-order chi connectivity index (χ0) is 30.6. The molecule has 0 radical (unpaired) electrons. The molecule has 2 atom stereocenters. The van der Waals surface area contributed by atoms with Gasteiger partial charge in [-0.3, -0.25) is 4.99 Å². The van der Waals surface area contributed by atoms with Gasteiger partial charge in [-0.25, -0.2) is 9.67 Å². The summed E-state index contributed by atoms with van der Waals surface area (Å²) in [6.07, 6.45) is 2.78. The molecule has 3 aromatic carbocycles. The summed E-state index contributed by atoms with van der Waals surface area (Å²) in [5.74, 6) is 0.688. The molecule has 7 rings (SSSR count). The van der Waals surface area contributed by atoms with Gasteiger partial charge in [0.2, 0.25) is 5.79 Å². The molecule has 4 aromatic rings. The number of piperazine rings is 1. The van der Waals surface area contributed by atoms with Crippen molar-refractivity contribution in [1.29, 1.82) is 0 Å². The van der Waals surface area contributed by atoms with Crippen LogP contribution in [0.3, 0.4) is 0 Å². The third-order valence-electron chi connectivity index (χ3n) is 8.02. The number of ether oxygens (including phenoxy) is 3. The molecule has 1 aromatic heterocycles. The highest BCUT2D eigenvalue weighted by Crippen LogP contribution is 2.40. The Morgan fingerprint density at radius 1 is 0.956 bits per heavy atom. The predicted octanol–water partition coefficient (Wildman–Crippen LogP) is 5.77. The Morgan fingerprint density at radius 3 is 2.33 bits per heavy atom. The molecular weight excluding hydrogens is 633 g/mol. The number of halogens is 2. The van der Waals surface area contributed by atoms with Crippen LogP contribution in [0.5, 0.6) is 5.75 Å². The van der Waals surface area contributed by atoms with Crippen LogP contribution in [0.4, 0.5) is 17.1 Å². The van der Waals surface area contributed by atoms with Crippen molar-refractivity contribution >= 4 is 57.2 Å². The fourth-order valence-electron chi connectivity index (χ4n) is 5.74. The van der Waals surface area contributed by atoms with Crippen LogP contribution < -0.4 is 19.9 Å². The van der Waals surface area contributed by atoms with Crippen molar-refractivity contribution < 1.29 is 14.2 Å². The lowest BCUT2D eigenvalue weighted by molar-refractivity contribution is -0.190. The van der Waals surface area contributed by atoms with Crippen LogP contribution in [0, 0.1) is 0 Å². The molecule has 0 aliphatic carbocycles. The van der Waals surface area contributed by atoms with E-state index >= 15 is 0 Å². The Balaban J connectivity index is 0.918. The molecule has 0 saturated carbocycles. The molecule has 2 saturated heterocycles. The molecule has 4 heterocycles. The van der Waals surface area contributed by atoms with Crippen molar-refractivity contribution in [2.75, 3.05) is 66.8 Å². The van der Waals surface area contributed by atoms with E-state index in [4.69, 9.17) is 37.4 Å². The number of nitrogens with zero attached hydrogens (tertiary/aromatic N) is 6. The molecule has 2 unspecified atom stereocenters. The first kappa shape index (κ1) is 30.2. The first-order valence-corrected chi connectivity index (χ1v) is 16.6. The molecule has 234 valence electrons. The van der Waals surface area contributed by atoms with Crippen LogP contribution in [0.25, 0.3) is 0 Å². The summed E-state index contributed by atoms with van der Waals surface area (Å²) < 4.78 is 20.5. The number of thioether (sulfide) groups is 1. The topological polar surface area (TPSA) is 89.3 Å². The van der Waals surface area contributed by atoms with Gasteiger partial charge in [-0.1, -0.05) is 41.0 Å². The van der Waals surface area contributed by atoms with E-state index in [9.17, 15) is 0 Å². The summed E-state index contributed by atoms with van der Waals surface area (Å²) in [6.45, 7) is 5.65. The summed E-state index contributed by atoms with van der Waals surface area (Å²) >= 11 is 14.5. The molecule has 45 heavy (non-hydrogen) atoms. The van der Waals surface area contributed by atoms with Gasteiger partial charge >= 0.3 is 0 Å². The number of hydrogen-bond acceptors (Lipinski definition) is 10. The van der Waals surface area contributed by atoms with Gasteiger partial charge in [0.25, 0.3) is 0 Å². The Bertz CT molecular complexity index is 1620. The summed E-state index contributed by atoms with van der Waals surface area (Å²) in [5, 5.41) is 9.64. The minimum absolute atomic E-state index is 0.282. The number of amidine groups is 1. The second-order valence-electron chi connectivity index (χ2n) is 11.0. The average Bonchev–Trinajstić information content (AvgIpc) is 3.85. The molecule has 1 N–H and O–H groups in total. The van der Waals surface area contributed by atoms with Crippen molar-refractivity contribution in [2.45, 2.75) is 18.4 Å². The molecule has 2 fully saturated rings. The second-order valence-corrected chi connectivity index (χ2v) is 12.9. The SMILES string of the molecule is Clc1ccc(C2(Cn3cncn3)OCC(COc3ccc(N4CCN(c5ccc(NC6=NCCS6)cc5)CC4)cc3)O2)c(Cl)c1. The van der Waals surface area contributed by atoms with Crippen LogP contribution in [0.2, 0.25) is 10.0 Å². The average molecular weight is 667 g/mol. The van der Waals surface area contributed by atoms with Gasteiger partial charge in [-0.15, -0.1) is 0 Å². The van der Waals surface area contributed by atoms with Gasteiger partial charge < -0.3 is 29.3 Å². The zero-order valence-corrected chi connectivity index (χ0v) is 26.8. The minimum Gasteiger partial charge on any atom is -0.491 e. The number of aromatic nitrogens is 3. The van der Waals surface area contributed by atoms with E-state index in [1.54, 1.807) is 34.9 Å². The summed E-state index contributed by atoms with van der Waals surface area (Å²) in [5.41, 5.74) is 4.18. The van der Waals surface area contributed by atoms with Gasteiger partial charge in [0, 0.05) is 59.6 Å². The van der Waals surface area contributed by atoms with Crippen molar-refractivity contribution in [1.82, 2.24) is 14.8 Å². The van der Waals surface area contributed by atoms with Crippen molar-refractivity contribution in [3.05, 3.63) is 95.0 Å². The van der Waals surface area contributed by atoms with E-state index in [1.807, 2.05) is 18.2 Å². The third kappa shape index (κ3) is 7.02. The highest BCUT2D eigenvalue weighted by atomic mass is 35.5. The van der Waals surface area contributed by atoms with Crippen LogP contribution >= 0.6 is 35.0 Å². The van der Waals surface area contributed by atoms with Crippen molar-refractivity contribution in [2.24, 2.45) is 4.99 Å². The Kier molecular flexibility index (Phi) is 9.04. The predicted molar refractivity (Wildman–Crippen MR) is 180 cm³/mol. The van der Waals surface area contributed by atoms with Gasteiger partial charge in [0.1, 0.15) is 37.7 Å². The van der Waals surface area contributed by atoms with E-state index < -0.39 is 5.79 Å². The first-order chi connectivity index (χ1) is 22.0. The molecule has 3 aliphatic rings. The quantitative estimate of drug-likeness (QED) is 0.239.